The Bertz CT molecular complexity index is 726. The second-order valence-corrected chi connectivity index (χ2v) is 7.59. The van der Waals surface area contributed by atoms with Crippen LogP contribution < -0.4 is 4.90 Å². The lowest BCUT2D eigenvalue weighted by Crippen LogP contribution is -2.54. The Hall–Kier alpha value is -2.17. The van der Waals surface area contributed by atoms with Crippen molar-refractivity contribution in [2.75, 3.05) is 44.3 Å². The van der Waals surface area contributed by atoms with Crippen molar-refractivity contribution in [3.05, 3.63) is 24.0 Å². The normalized spacial score (nSPS) is 29.3. The number of carbonyl (C=O) groups excluding carboxylic acids is 1. The van der Waals surface area contributed by atoms with Crippen LogP contribution in [0.1, 0.15) is 24.8 Å². The summed E-state index contributed by atoms with van der Waals surface area (Å²) in [6.07, 6.45) is 4.98. The van der Waals surface area contributed by atoms with Crippen molar-refractivity contribution in [2.24, 2.45) is 11.3 Å². The van der Waals surface area contributed by atoms with Gasteiger partial charge in [-0.15, -0.1) is 0 Å². The number of aliphatic hydroxyl groups excluding tert-OH is 1. The van der Waals surface area contributed by atoms with Crippen LogP contribution >= 0.6 is 0 Å². The summed E-state index contributed by atoms with van der Waals surface area (Å²) in [5, 5.41) is 19.1. The Morgan fingerprint density at radius 3 is 3.00 bits per heavy atom. The molecule has 0 aromatic carbocycles. The lowest BCUT2D eigenvalue weighted by atomic mass is 9.73. The molecule has 2 unspecified atom stereocenters. The van der Waals surface area contributed by atoms with Crippen LogP contribution in [0.15, 0.2) is 18.5 Å². The van der Waals surface area contributed by atoms with Crippen molar-refractivity contribution in [1.82, 2.24) is 9.88 Å². The van der Waals surface area contributed by atoms with Gasteiger partial charge in [-0.3, -0.25) is 9.78 Å². The molecule has 7 heteroatoms. The maximum atomic E-state index is 13.5. The lowest BCUT2D eigenvalue weighted by molar-refractivity contribution is -0.152. The molecule has 1 N–H and O–H groups in total. The summed E-state index contributed by atoms with van der Waals surface area (Å²) in [6, 6.07) is 4.06. The van der Waals surface area contributed by atoms with E-state index in [1.165, 1.54) is 0 Å². The molecule has 26 heavy (non-hydrogen) atoms. The molecule has 2 atom stereocenters. The van der Waals surface area contributed by atoms with Crippen LogP contribution in [0.5, 0.6) is 0 Å². The maximum Gasteiger partial charge on any atom is 0.231 e. The highest BCUT2D eigenvalue weighted by Crippen LogP contribution is 2.45. The molecule has 1 amide bonds. The lowest BCUT2D eigenvalue weighted by Gasteiger charge is -2.42. The summed E-state index contributed by atoms with van der Waals surface area (Å²) >= 11 is 0. The fourth-order valence-electron chi connectivity index (χ4n) is 4.62. The molecule has 0 spiro atoms. The number of amides is 1. The van der Waals surface area contributed by atoms with Crippen molar-refractivity contribution in [2.45, 2.75) is 25.4 Å². The van der Waals surface area contributed by atoms with E-state index in [4.69, 9.17) is 4.74 Å². The first kappa shape index (κ1) is 17.3. The van der Waals surface area contributed by atoms with E-state index >= 15 is 0 Å². The van der Waals surface area contributed by atoms with E-state index in [2.05, 4.69) is 16.0 Å². The Balaban J connectivity index is 1.61. The van der Waals surface area contributed by atoms with Crippen LogP contribution in [-0.2, 0) is 9.53 Å². The van der Waals surface area contributed by atoms with Crippen LogP contribution in [0.25, 0.3) is 0 Å². The fraction of sp³-hybridized carbons (Fsp3) is 0.632. The van der Waals surface area contributed by atoms with Gasteiger partial charge < -0.3 is 19.6 Å². The number of pyridine rings is 1. The van der Waals surface area contributed by atoms with Crippen molar-refractivity contribution in [1.29, 1.82) is 5.26 Å². The summed E-state index contributed by atoms with van der Waals surface area (Å²) in [5.41, 5.74) is 0.921. The number of piperidine rings is 1. The summed E-state index contributed by atoms with van der Waals surface area (Å²) in [4.78, 5) is 21.6. The second kappa shape index (κ2) is 6.86. The zero-order chi connectivity index (χ0) is 18.1. The van der Waals surface area contributed by atoms with Gasteiger partial charge in [0.25, 0.3) is 0 Å². The number of aromatic nitrogens is 1. The third-order valence-corrected chi connectivity index (χ3v) is 6.14. The van der Waals surface area contributed by atoms with Gasteiger partial charge in [0.1, 0.15) is 6.07 Å². The molecule has 7 nitrogen and oxygen atoms in total. The van der Waals surface area contributed by atoms with Crippen molar-refractivity contribution in [3.63, 3.8) is 0 Å². The topological polar surface area (TPSA) is 89.7 Å². The van der Waals surface area contributed by atoms with Gasteiger partial charge in [-0.05, 0) is 25.3 Å². The van der Waals surface area contributed by atoms with Crippen molar-refractivity contribution in [3.8, 4) is 6.07 Å². The number of rotatable bonds is 2. The first-order chi connectivity index (χ1) is 12.6. The zero-order valence-electron chi connectivity index (χ0n) is 14.8. The van der Waals surface area contributed by atoms with Gasteiger partial charge in [0.2, 0.25) is 5.91 Å². The van der Waals surface area contributed by atoms with Crippen LogP contribution in [0.2, 0.25) is 0 Å². The first-order valence-electron chi connectivity index (χ1n) is 9.28. The fourth-order valence-corrected chi connectivity index (χ4v) is 4.62. The number of carbonyl (C=O) groups is 1. The van der Waals surface area contributed by atoms with E-state index in [-0.39, 0.29) is 17.9 Å². The molecule has 0 bridgehead atoms. The number of hydrogen-bond acceptors (Lipinski definition) is 6. The van der Waals surface area contributed by atoms with E-state index in [0.29, 0.717) is 64.2 Å². The minimum Gasteiger partial charge on any atom is -0.393 e. The second-order valence-electron chi connectivity index (χ2n) is 7.59. The predicted molar refractivity (Wildman–Crippen MR) is 94.3 cm³/mol. The molecular formula is C19H24N4O3. The third-order valence-electron chi connectivity index (χ3n) is 6.14. The predicted octanol–water partition coefficient (Wildman–Crippen LogP) is 0.779. The number of ether oxygens (including phenoxy) is 1. The Kier molecular flexibility index (Phi) is 4.55. The van der Waals surface area contributed by atoms with E-state index in [1.807, 2.05) is 11.0 Å². The molecule has 3 fully saturated rings. The number of nitriles is 1. The maximum absolute atomic E-state index is 13.5. The van der Waals surface area contributed by atoms with E-state index in [9.17, 15) is 15.2 Å². The summed E-state index contributed by atoms with van der Waals surface area (Å²) < 4.78 is 5.69. The van der Waals surface area contributed by atoms with Gasteiger partial charge in [-0.2, -0.15) is 5.26 Å². The van der Waals surface area contributed by atoms with E-state index < -0.39 is 5.41 Å². The molecule has 0 aliphatic carbocycles. The largest absolute Gasteiger partial charge is 0.393 e. The first-order valence-corrected chi connectivity index (χ1v) is 9.28. The molecule has 3 saturated heterocycles. The minimum atomic E-state index is -0.462. The number of likely N-dealkylation sites (tertiary alicyclic amines) is 1. The van der Waals surface area contributed by atoms with Gasteiger partial charge in [0.05, 0.1) is 29.4 Å². The molecular weight excluding hydrogens is 332 g/mol. The highest BCUT2D eigenvalue weighted by molar-refractivity contribution is 5.85. The zero-order valence-corrected chi connectivity index (χ0v) is 14.8. The molecule has 0 saturated carbocycles. The Morgan fingerprint density at radius 1 is 1.42 bits per heavy atom. The smallest absolute Gasteiger partial charge is 0.231 e. The van der Waals surface area contributed by atoms with Crippen LogP contribution in [0.3, 0.4) is 0 Å². The molecule has 4 heterocycles. The SMILES string of the molecule is N#Cc1cnccc1N1CC2COCCC2(C(=O)N2CCC(O)CC2)C1. The molecule has 138 valence electrons. The molecule has 1 aromatic rings. The average molecular weight is 356 g/mol. The van der Waals surface area contributed by atoms with Gasteiger partial charge in [-0.25, -0.2) is 0 Å². The Morgan fingerprint density at radius 2 is 2.23 bits per heavy atom. The minimum absolute atomic E-state index is 0.121. The van der Waals surface area contributed by atoms with Gasteiger partial charge >= 0.3 is 0 Å². The van der Waals surface area contributed by atoms with Crippen LogP contribution in [0, 0.1) is 22.7 Å². The summed E-state index contributed by atoms with van der Waals surface area (Å²) in [5.74, 6) is 0.308. The number of hydrogen-bond donors (Lipinski definition) is 1. The quantitative estimate of drug-likeness (QED) is 0.842. The summed E-state index contributed by atoms with van der Waals surface area (Å²) in [6.45, 7) is 3.72. The average Bonchev–Trinajstić information content (AvgIpc) is 3.08. The number of aliphatic hydroxyl groups is 1. The molecule has 4 rings (SSSR count). The van der Waals surface area contributed by atoms with Crippen LogP contribution in [0.4, 0.5) is 5.69 Å². The van der Waals surface area contributed by atoms with Crippen molar-refractivity contribution < 1.29 is 14.6 Å². The molecule has 1 aromatic heterocycles. The molecule has 0 radical (unpaired) electrons. The molecule has 3 aliphatic heterocycles. The van der Waals surface area contributed by atoms with Gasteiger partial charge in [-0.1, -0.05) is 0 Å². The van der Waals surface area contributed by atoms with Gasteiger partial charge in [0.15, 0.2) is 0 Å². The molecule has 3 aliphatic rings. The number of anilines is 1. The highest BCUT2D eigenvalue weighted by atomic mass is 16.5. The highest BCUT2D eigenvalue weighted by Gasteiger charge is 2.55. The van der Waals surface area contributed by atoms with E-state index in [0.717, 1.165) is 5.69 Å². The van der Waals surface area contributed by atoms with Gasteiger partial charge in [0, 0.05) is 51.1 Å². The monoisotopic (exact) mass is 356 g/mol. The summed E-state index contributed by atoms with van der Waals surface area (Å²) in [7, 11) is 0. The van der Waals surface area contributed by atoms with E-state index in [1.54, 1.807) is 12.4 Å². The standard InChI is InChI=1S/C19H24N4O3/c20-9-14-10-21-5-1-17(14)23-11-15-12-26-8-4-19(15,13-23)18(25)22-6-2-16(24)3-7-22/h1,5,10,15-16,24H,2-4,6-8,11-13H2. The van der Waals surface area contributed by atoms with Crippen molar-refractivity contribution >= 4 is 11.6 Å². The number of fused-ring (bicyclic) bond motifs is 1. The van der Waals surface area contributed by atoms with Crippen LogP contribution in [-0.4, -0.2) is 66.4 Å². The Labute approximate surface area is 153 Å². The third kappa shape index (κ3) is 2.83. The number of nitrogens with zero attached hydrogens (tertiary/aromatic N) is 4.